The molecule has 0 amide bonds. The molecule has 1 heterocycles. The van der Waals surface area contributed by atoms with Crippen molar-refractivity contribution in [3.8, 4) is 5.75 Å². The molecule has 2 N–H and O–H groups in total. The van der Waals surface area contributed by atoms with E-state index in [1.54, 1.807) is 18.2 Å². The first-order valence-electron chi connectivity index (χ1n) is 5.80. The first-order chi connectivity index (χ1) is 8.76. The molecule has 0 saturated carbocycles. The van der Waals surface area contributed by atoms with E-state index in [9.17, 15) is 9.90 Å². The van der Waals surface area contributed by atoms with Crippen LogP contribution in [0.1, 0.15) is 21.8 Å². The number of fused-ring (bicyclic) bond motifs is 3. The van der Waals surface area contributed by atoms with Gasteiger partial charge < -0.3 is 10.4 Å². The number of rotatable bonds is 2. The lowest BCUT2D eigenvalue weighted by molar-refractivity contribution is 0.112. The summed E-state index contributed by atoms with van der Waals surface area (Å²) in [6, 6.07) is 7.06. The van der Waals surface area contributed by atoms with Crippen molar-refractivity contribution >= 4 is 34.3 Å². The average molecular weight is 262 g/mol. The van der Waals surface area contributed by atoms with Crippen molar-refractivity contribution in [1.29, 1.82) is 0 Å². The van der Waals surface area contributed by atoms with E-state index in [2.05, 4.69) is 5.32 Å². The van der Waals surface area contributed by atoms with Crippen LogP contribution in [-0.2, 0) is 0 Å². The molecule has 18 heavy (non-hydrogen) atoms. The van der Waals surface area contributed by atoms with Crippen LogP contribution in [0.5, 0.6) is 5.75 Å². The molecule has 1 atom stereocenters. The Hall–Kier alpha value is -1.74. The molecule has 2 aromatic rings. The van der Waals surface area contributed by atoms with Crippen LogP contribution in [0.15, 0.2) is 24.3 Å². The molecule has 3 nitrogen and oxygen atoms in total. The first-order valence-corrected chi connectivity index (χ1v) is 6.33. The number of phenolic OH excluding ortho intramolecular Hbond substituents is 1. The molecule has 92 valence electrons. The number of anilines is 1. The van der Waals surface area contributed by atoms with E-state index in [4.69, 9.17) is 11.6 Å². The van der Waals surface area contributed by atoms with Crippen LogP contribution in [0.25, 0.3) is 10.8 Å². The normalized spacial score (nSPS) is 17.5. The van der Waals surface area contributed by atoms with Crippen molar-refractivity contribution in [3.63, 3.8) is 0 Å². The first kappa shape index (κ1) is 11.4. The largest absolute Gasteiger partial charge is 0.507 e. The topological polar surface area (TPSA) is 49.3 Å². The number of phenols is 1. The Morgan fingerprint density at radius 1 is 1.50 bits per heavy atom. The number of aldehydes is 1. The number of aromatic hydroxyl groups is 1. The SMILES string of the molecule is O=Cc1cccc2c(O)cc3c(c12)[C@H](CCl)CN3. The Bertz CT molecular complexity index is 639. The molecule has 1 aliphatic rings. The lowest BCUT2D eigenvalue weighted by Gasteiger charge is -2.12. The maximum absolute atomic E-state index is 11.2. The number of carbonyl (C=O) groups excluding carboxylic acids is 1. The van der Waals surface area contributed by atoms with Gasteiger partial charge in [-0.05, 0) is 5.56 Å². The van der Waals surface area contributed by atoms with E-state index in [-0.39, 0.29) is 11.7 Å². The number of hydrogen-bond donors (Lipinski definition) is 2. The van der Waals surface area contributed by atoms with Crippen LogP contribution in [-0.4, -0.2) is 23.8 Å². The summed E-state index contributed by atoms with van der Waals surface area (Å²) in [7, 11) is 0. The average Bonchev–Trinajstić information content (AvgIpc) is 2.81. The van der Waals surface area contributed by atoms with Crippen LogP contribution < -0.4 is 5.32 Å². The molecule has 2 aromatic carbocycles. The summed E-state index contributed by atoms with van der Waals surface area (Å²) in [4.78, 5) is 11.2. The van der Waals surface area contributed by atoms with Crippen molar-refractivity contribution in [2.24, 2.45) is 0 Å². The molecule has 0 radical (unpaired) electrons. The zero-order valence-corrected chi connectivity index (χ0v) is 10.4. The number of alkyl halides is 1. The highest BCUT2D eigenvalue weighted by atomic mass is 35.5. The van der Waals surface area contributed by atoms with E-state index in [1.807, 2.05) is 6.07 Å². The quantitative estimate of drug-likeness (QED) is 0.645. The molecule has 0 bridgehead atoms. The fourth-order valence-corrected chi connectivity index (χ4v) is 2.91. The number of hydrogen-bond acceptors (Lipinski definition) is 3. The lowest BCUT2D eigenvalue weighted by Crippen LogP contribution is -2.03. The Morgan fingerprint density at radius 2 is 2.33 bits per heavy atom. The third-order valence-corrected chi connectivity index (χ3v) is 3.85. The Kier molecular flexibility index (Phi) is 2.63. The minimum Gasteiger partial charge on any atom is -0.507 e. The monoisotopic (exact) mass is 261 g/mol. The van der Waals surface area contributed by atoms with Crippen LogP contribution in [0.2, 0.25) is 0 Å². The molecule has 4 heteroatoms. The van der Waals surface area contributed by atoms with Crippen molar-refractivity contribution in [1.82, 2.24) is 0 Å². The van der Waals surface area contributed by atoms with E-state index >= 15 is 0 Å². The zero-order chi connectivity index (χ0) is 12.7. The summed E-state index contributed by atoms with van der Waals surface area (Å²) in [5.74, 6) is 0.855. The molecular formula is C14H12ClNO2. The highest BCUT2D eigenvalue weighted by molar-refractivity contribution is 6.19. The predicted molar refractivity (Wildman–Crippen MR) is 73.0 cm³/mol. The summed E-state index contributed by atoms with van der Waals surface area (Å²) in [6.07, 6.45) is 0.825. The Balaban J connectivity index is 2.45. The number of carbonyl (C=O) groups is 1. The van der Waals surface area contributed by atoms with Gasteiger partial charge in [-0.25, -0.2) is 0 Å². The summed E-state index contributed by atoms with van der Waals surface area (Å²) in [5.41, 5.74) is 2.51. The fraction of sp³-hybridized carbons (Fsp3) is 0.214. The molecule has 0 spiro atoms. The highest BCUT2D eigenvalue weighted by Crippen LogP contribution is 2.43. The fourth-order valence-electron chi connectivity index (χ4n) is 2.65. The van der Waals surface area contributed by atoms with E-state index in [0.29, 0.717) is 16.8 Å². The van der Waals surface area contributed by atoms with Crippen molar-refractivity contribution in [2.45, 2.75) is 5.92 Å². The summed E-state index contributed by atoms with van der Waals surface area (Å²) in [5, 5.41) is 14.8. The van der Waals surface area contributed by atoms with Gasteiger partial charge in [0, 0.05) is 46.4 Å². The van der Waals surface area contributed by atoms with Gasteiger partial charge in [0.15, 0.2) is 6.29 Å². The molecule has 1 aliphatic heterocycles. The molecule has 3 rings (SSSR count). The van der Waals surface area contributed by atoms with Crippen LogP contribution in [0.3, 0.4) is 0 Å². The summed E-state index contributed by atoms with van der Waals surface area (Å²) < 4.78 is 0. The van der Waals surface area contributed by atoms with E-state index < -0.39 is 0 Å². The van der Waals surface area contributed by atoms with Gasteiger partial charge in [-0.3, -0.25) is 4.79 Å². The molecule has 0 unspecified atom stereocenters. The van der Waals surface area contributed by atoms with Crippen LogP contribution in [0.4, 0.5) is 5.69 Å². The molecule has 0 aromatic heterocycles. The van der Waals surface area contributed by atoms with Crippen LogP contribution >= 0.6 is 11.6 Å². The Labute approximate surface area is 109 Å². The Morgan fingerprint density at radius 3 is 3.06 bits per heavy atom. The van der Waals surface area contributed by atoms with Gasteiger partial charge in [-0.15, -0.1) is 11.6 Å². The second-order valence-electron chi connectivity index (χ2n) is 4.48. The van der Waals surface area contributed by atoms with Crippen molar-refractivity contribution in [2.75, 3.05) is 17.7 Å². The van der Waals surface area contributed by atoms with Gasteiger partial charge in [-0.1, -0.05) is 18.2 Å². The number of benzene rings is 2. The third kappa shape index (κ3) is 1.47. The summed E-state index contributed by atoms with van der Waals surface area (Å²) in [6.45, 7) is 0.741. The number of halogens is 1. The van der Waals surface area contributed by atoms with Gasteiger partial charge in [0.25, 0.3) is 0 Å². The molecule has 0 aliphatic carbocycles. The van der Waals surface area contributed by atoms with Crippen molar-refractivity contribution < 1.29 is 9.90 Å². The van der Waals surface area contributed by atoms with Gasteiger partial charge >= 0.3 is 0 Å². The van der Waals surface area contributed by atoms with Gasteiger partial charge in [0.2, 0.25) is 0 Å². The van der Waals surface area contributed by atoms with Crippen LogP contribution in [0, 0.1) is 0 Å². The van der Waals surface area contributed by atoms with Gasteiger partial charge in [0.1, 0.15) is 5.75 Å². The number of nitrogens with one attached hydrogen (secondary N) is 1. The lowest BCUT2D eigenvalue weighted by atomic mass is 9.92. The van der Waals surface area contributed by atoms with E-state index in [0.717, 1.165) is 29.5 Å². The second-order valence-corrected chi connectivity index (χ2v) is 4.79. The molecule has 0 fully saturated rings. The van der Waals surface area contributed by atoms with Gasteiger partial charge in [-0.2, -0.15) is 0 Å². The van der Waals surface area contributed by atoms with E-state index in [1.165, 1.54) is 0 Å². The van der Waals surface area contributed by atoms with Gasteiger partial charge in [0.05, 0.1) is 0 Å². The third-order valence-electron chi connectivity index (χ3n) is 3.47. The highest BCUT2D eigenvalue weighted by Gasteiger charge is 2.26. The zero-order valence-electron chi connectivity index (χ0n) is 9.61. The maximum Gasteiger partial charge on any atom is 0.150 e. The standard InChI is InChI=1S/C14H12ClNO2/c15-5-9-6-16-11-4-12(18)10-3-1-2-8(7-17)13(10)14(9)11/h1-4,7,9,16,18H,5-6H2/t9-/m1/s1. The smallest absolute Gasteiger partial charge is 0.150 e. The maximum atomic E-state index is 11.2. The summed E-state index contributed by atoms with van der Waals surface area (Å²) >= 11 is 5.98. The molecule has 0 saturated heterocycles. The minimum absolute atomic E-state index is 0.172. The molecular weight excluding hydrogens is 250 g/mol. The second kappa shape index (κ2) is 4.18. The van der Waals surface area contributed by atoms with Crippen molar-refractivity contribution in [3.05, 3.63) is 35.4 Å². The predicted octanol–water partition coefficient (Wildman–Crippen LogP) is 3.11. The minimum atomic E-state index is 0.172.